The Labute approximate surface area is 142 Å². The quantitative estimate of drug-likeness (QED) is 0.787. The number of amides is 1. The highest BCUT2D eigenvalue weighted by molar-refractivity contribution is 5.94. The molecule has 0 spiro atoms. The summed E-state index contributed by atoms with van der Waals surface area (Å²) in [5, 5.41) is 13.2. The number of benzene rings is 1. The Hall–Kier alpha value is -2.32. The van der Waals surface area contributed by atoms with Crippen LogP contribution in [0.2, 0.25) is 0 Å². The zero-order valence-corrected chi connectivity index (χ0v) is 13.4. The normalized spacial score (nSPS) is 22.6. The Morgan fingerprint density at radius 1 is 1.32 bits per heavy atom. The Bertz CT molecular complexity index is 808. The van der Waals surface area contributed by atoms with Gasteiger partial charge in [0.2, 0.25) is 0 Å². The summed E-state index contributed by atoms with van der Waals surface area (Å²) in [6, 6.07) is 3.35. The van der Waals surface area contributed by atoms with E-state index in [1.165, 1.54) is 6.07 Å². The van der Waals surface area contributed by atoms with Crippen LogP contribution in [0.3, 0.4) is 0 Å². The minimum Gasteiger partial charge on any atom is -0.371 e. The molecular formula is C17H18F2N4O2. The maximum atomic E-state index is 13.5. The summed E-state index contributed by atoms with van der Waals surface area (Å²) in [5.74, 6) is -2.12. The van der Waals surface area contributed by atoms with E-state index in [-0.39, 0.29) is 11.9 Å². The Morgan fingerprint density at radius 2 is 2.20 bits per heavy atom. The zero-order chi connectivity index (χ0) is 17.4. The summed E-state index contributed by atoms with van der Waals surface area (Å²) >= 11 is 0. The Morgan fingerprint density at radius 3 is 3.04 bits per heavy atom. The number of hydrogen-bond acceptors (Lipinski definition) is 4. The molecule has 0 radical (unpaired) electrons. The van der Waals surface area contributed by atoms with E-state index in [4.69, 9.17) is 4.74 Å². The van der Waals surface area contributed by atoms with Crippen LogP contribution in [-0.2, 0) is 17.7 Å². The maximum Gasteiger partial charge on any atom is 0.272 e. The van der Waals surface area contributed by atoms with Crippen LogP contribution in [0.1, 0.15) is 39.8 Å². The summed E-state index contributed by atoms with van der Waals surface area (Å²) in [6.45, 7) is 1.89. The van der Waals surface area contributed by atoms with Gasteiger partial charge in [-0.15, -0.1) is 0 Å². The number of H-pyrrole nitrogens is 1. The van der Waals surface area contributed by atoms with Crippen LogP contribution in [0, 0.1) is 11.6 Å². The van der Waals surface area contributed by atoms with Crippen LogP contribution in [-0.4, -0.2) is 35.3 Å². The lowest BCUT2D eigenvalue weighted by molar-refractivity contribution is 0.0816. The predicted octanol–water partition coefficient (Wildman–Crippen LogP) is 1.59. The third kappa shape index (κ3) is 3.03. The van der Waals surface area contributed by atoms with E-state index < -0.39 is 17.7 Å². The lowest BCUT2D eigenvalue weighted by Crippen LogP contribution is -2.38. The number of carbonyl (C=O) groups excluding carboxylic acids is 1. The van der Waals surface area contributed by atoms with Gasteiger partial charge in [0.25, 0.3) is 5.91 Å². The molecule has 0 bridgehead atoms. The molecule has 2 aliphatic rings. The molecule has 1 aromatic heterocycles. The highest BCUT2D eigenvalue weighted by atomic mass is 19.2. The van der Waals surface area contributed by atoms with E-state index in [1.54, 1.807) is 0 Å². The van der Waals surface area contributed by atoms with Gasteiger partial charge in [0.1, 0.15) is 6.10 Å². The fraction of sp³-hybridized carbons (Fsp3) is 0.412. The van der Waals surface area contributed by atoms with Crippen molar-refractivity contribution >= 4 is 5.91 Å². The first-order chi connectivity index (χ1) is 12.1. The average Bonchev–Trinajstić information content (AvgIpc) is 3.24. The minimum absolute atomic E-state index is 0.288. The summed E-state index contributed by atoms with van der Waals surface area (Å²) in [4.78, 5) is 12.6. The highest BCUT2D eigenvalue weighted by Crippen LogP contribution is 2.30. The van der Waals surface area contributed by atoms with Crippen molar-refractivity contribution in [1.29, 1.82) is 0 Å². The molecule has 4 rings (SSSR count). The van der Waals surface area contributed by atoms with Crippen LogP contribution in [0.4, 0.5) is 8.78 Å². The number of halogens is 2. The van der Waals surface area contributed by atoms with Gasteiger partial charge in [-0.05, 0) is 24.1 Å². The van der Waals surface area contributed by atoms with Crippen molar-refractivity contribution in [3.05, 3.63) is 52.3 Å². The zero-order valence-electron chi connectivity index (χ0n) is 13.4. The number of carbonyl (C=O) groups is 1. The van der Waals surface area contributed by atoms with Crippen molar-refractivity contribution in [2.24, 2.45) is 0 Å². The number of ether oxygens (including phenoxy) is 1. The number of fused-ring (bicyclic) bond motifs is 1. The average molecular weight is 348 g/mol. The molecule has 6 nitrogen and oxygen atoms in total. The molecule has 0 saturated carbocycles. The molecule has 0 aliphatic carbocycles. The van der Waals surface area contributed by atoms with E-state index in [1.807, 2.05) is 0 Å². The van der Waals surface area contributed by atoms with Crippen molar-refractivity contribution in [3.8, 4) is 0 Å². The molecule has 1 fully saturated rings. The lowest BCUT2D eigenvalue weighted by Gasteiger charge is -2.20. The first-order valence-corrected chi connectivity index (χ1v) is 8.27. The number of aromatic amines is 1. The highest BCUT2D eigenvalue weighted by Gasteiger charge is 2.33. The molecule has 8 heteroatoms. The maximum absolute atomic E-state index is 13.5. The SMILES string of the molecule is O=C(NC1CCOC1c1ccc(F)c(F)c1)c1n[nH]c2c1CNCC2. The molecule has 1 saturated heterocycles. The largest absolute Gasteiger partial charge is 0.371 e. The topological polar surface area (TPSA) is 79.0 Å². The number of nitrogens with zero attached hydrogens (tertiary/aromatic N) is 1. The molecule has 1 aromatic carbocycles. The molecule has 1 amide bonds. The predicted molar refractivity (Wildman–Crippen MR) is 84.9 cm³/mol. The number of rotatable bonds is 3. The number of aromatic nitrogens is 2. The van der Waals surface area contributed by atoms with E-state index in [0.717, 1.165) is 36.4 Å². The van der Waals surface area contributed by atoms with Crippen LogP contribution >= 0.6 is 0 Å². The molecule has 2 aliphatic heterocycles. The molecule has 25 heavy (non-hydrogen) atoms. The van der Waals surface area contributed by atoms with Gasteiger partial charge in [-0.2, -0.15) is 5.10 Å². The van der Waals surface area contributed by atoms with Crippen molar-refractivity contribution < 1.29 is 18.3 Å². The van der Waals surface area contributed by atoms with Crippen LogP contribution < -0.4 is 10.6 Å². The van der Waals surface area contributed by atoms with Gasteiger partial charge >= 0.3 is 0 Å². The van der Waals surface area contributed by atoms with Gasteiger partial charge < -0.3 is 15.4 Å². The standard InChI is InChI=1S/C17H18F2N4O2/c18-11-2-1-9(7-12(11)19)16-14(4-6-25-16)21-17(24)15-10-8-20-5-3-13(10)22-23-15/h1-2,7,14,16,20H,3-6,8H2,(H,21,24)(H,22,23). The second-order valence-corrected chi connectivity index (χ2v) is 6.29. The van der Waals surface area contributed by atoms with Gasteiger partial charge in [0, 0.05) is 37.4 Å². The van der Waals surface area contributed by atoms with Crippen LogP contribution in [0.15, 0.2) is 18.2 Å². The molecular weight excluding hydrogens is 330 g/mol. The van der Waals surface area contributed by atoms with Gasteiger partial charge in [-0.3, -0.25) is 9.89 Å². The van der Waals surface area contributed by atoms with Crippen molar-refractivity contribution in [1.82, 2.24) is 20.8 Å². The fourth-order valence-corrected chi connectivity index (χ4v) is 3.41. The van der Waals surface area contributed by atoms with E-state index in [0.29, 0.717) is 30.8 Å². The summed E-state index contributed by atoms with van der Waals surface area (Å²) in [6.07, 6.45) is 0.895. The number of hydrogen-bond donors (Lipinski definition) is 3. The van der Waals surface area contributed by atoms with Crippen LogP contribution in [0.5, 0.6) is 0 Å². The molecule has 2 atom stereocenters. The second-order valence-electron chi connectivity index (χ2n) is 6.29. The van der Waals surface area contributed by atoms with Gasteiger partial charge in [0.05, 0.1) is 6.04 Å². The molecule has 2 unspecified atom stereocenters. The van der Waals surface area contributed by atoms with Gasteiger partial charge in [0.15, 0.2) is 17.3 Å². The number of nitrogens with one attached hydrogen (secondary N) is 3. The van der Waals surface area contributed by atoms with Crippen molar-refractivity contribution in [3.63, 3.8) is 0 Å². The van der Waals surface area contributed by atoms with Crippen LogP contribution in [0.25, 0.3) is 0 Å². The summed E-state index contributed by atoms with van der Waals surface area (Å²) < 4.78 is 32.3. The van der Waals surface area contributed by atoms with Gasteiger partial charge in [-0.1, -0.05) is 6.07 Å². The summed E-state index contributed by atoms with van der Waals surface area (Å²) in [5.41, 5.74) is 2.74. The first-order valence-electron chi connectivity index (χ1n) is 8.27. The lowest BCUT2D eigenvalue weighted by atomic mass is 10.0. The third-order valence-electron chi connectivity index (χ3n) is 4.70. The summed E-state index contributed by atoms with van der Waals surface area (Å²) in [7, 11) is 0. The van der Waals surface area contributed by atoms with E-state index >= 15 is 0 Å². The van der Waals surface area contributed by atoms with Gasteiger partial charge in [-0.25, -0.2) is 8.78 Å². The van der Waals surface area contributed by atoms with E-state index in [2.05, 4.69) is 20.8 Å². The molecule has 3 heterocycles. The Kier molecular flexibility index (Phi) is 4.22. The smallest absolute Gasteiger partial charge is 0.272 e. The van der Waals surface area contributed by atoms with E-state index in [9.17, 15) is 13.6 Å². The monoisotopic (exact) mass is 348 g/mol. The Balaban J connectivity index is 1.52. The fourth-order valence-electron chi connectivity index (χ4n) is 3.41. The molecule has 132 valence electrons. The second kappa shape index (κ2) is 6.53. The minimum atomic E-state index is -0.925. The first kappa shape index (κ1) is 16.2. The molecule has 3 N–H and O–H groups in total. The molecule has 2 aromatic rings. The van der Waals surface area contributed by atoms with Crippen molar-refractivity contribution in [2.45, 2.75) is 31.5 Å². The third-order valence-corrected chi connectivity index (χ3v) is 4.70. The van der Waals surface area contributed by atoms with Crippen molar-refractivity contribution in [2.75, 3.05) is 13.2 Å².